The summed E-state index contributed by atoms with van der Waals surface area (Å²) in [6.45, 7) is 8.87. The van der Waals surface area contributed by atoms with Gasteiger partial charge >= 0.3 is 11.8 Å². The summed E-state index contributed by atoms with van der Waals surface area (Å²) in [5, 5.41) is 22.1. The van der Waals surface area contributed by atoms with E-state index in [-0.39, 0.29) is 18.1 Å². The molecule has 1 unspecified atom stereocenters. The van der Waals surface area contributed by atoms with Gasteiger partial charge in [-0.1, -0.05) is 0 Å². The van der Waals surface area contributed by atoms with Crippen LogP contribution in [0, 0.1) is 17.0 Å². The normalized spacial score (nSPS) is 14.6. The number of carbonyl (C=O) groups is 3. The van der Waals surface area contributed by atoms with Gasteiger partial charge in [-0.05, 0) is 27.7 Å². The van der Waals surface area contributed by atoms with Crippen molar-refractivity contribution in [2.45, 2.75) is 40.3 Å². The monoisotopic (exact) mass is 476 g/mol. The average Bonchev–Trinajstić information content (AvgIpc) is 3.42. The van der Waals surface area contributed by atoms with Gasteiger partial charge in [0.1, 0.15) is 12.2 Å². The second-order valence-electron chi connectivity index (χ2n) is 7.70. The molecule has 34 heavy (non-hydrogen) atoms. The highest BCUT2D eigenvalue weighted by atomic mass is 16.6. The first-order valence-electron chi connectivity index (χ1n) is 11.0. The zero-order valence-corrected chi connectivity index (χ0v) is 19.6. The minimum absolute atomic E-state index is 0.164. The third kappa shape index (κ3) is 5.00. The van der Waals surface area contributed by atoms with Crippen LogP contribution in [0.4, 0.5) is 16.2 Å². The molecule has 14 heteroatoms. The highest BCUT2D eigenvalue weighted by Gasteiger charge is 2.30. The van der Waals surface area contributed by atoms with Crippen molar-refractivity contribution in [2.75, 3.05) is 38.1 Å². The standard InChI is InChI=1S/C20H28N8O6/c1-5-26-17(16(11-21-26)28(32)33)18(29)22-15-12-27(23-13(15)3)14(4)19(30)24-7-9-25(10-8-24)20(31)34-6-2/h11-12,14H,5-10H2,1-4H3,(H,22,29). The molecule has 1 saturated heterocycles. The Bertz CT molecular complexity index is 1090. The molecule has 1 aliphatic heterocycles. The van der Waals surface area contributed by atoms with Crippen molar-refractivity contribution in [3.8, 4) is 0 Å². The summed E-state index contributed by atoms with van der Waals surface area (Å²) in [5.41, 5.74) is 0.221. The van der Waals surface area contributed by atoms with E-state index in [1.807, 2.05) is 0 Å². The largest absolute Gasteiger partial charge is 0.450 e. The third-order valence-corrected chi connectivity index (χ3v) is 5.57. The number of piperazine rings is 1. The number of hydrogen-bond acceptors (Lipinski definition) is 8. The van der Waals surface area contributed by atoms with Gasteiger partial charge in [-0.3, -0.25) is 29.1 Å². The molecule has 3 heterocycles. The number of nitrogens with zero attached hydrogens (tertiary/aromatic N) is 7. The lowest BCUT2D eigenvalue weighted by atomic mass is 10.2. The van der Waals surface area contributed by atoms with Crippen LogP contribution in [-0.2, 0) is 16.1 Å². The lowest BCUT2D eigenvalue weighted by Gasteiger charge is -2.35. The summed E-state index contributed by atoms with van der Waals surface area (Å²) in [4.78, 5) is 51.5. The van der Waals surface area contributed by atoms with Crippen molar-refractivity contribution in [3.05, 3.63) is 33.9 Å². The van der Waals surface area contributed by atoms with E-state index >= 15 is 0 Å². The van der Waals surface area contributed by atoms with Crippen molar-refractivity contribution >= 4 is 29.3 Å². The van der Waals surface area contributed by atoms with E-state index in [4.69, 9.17) is 4.74 Å². The van der Waals surface area contributed by atoms with Gasteiger partial charge in [0, 0.05) is 38.9 Å². The van der Waals surface area contributed by atoms with Crippen LogP contribution in [0.3, 0.4) is 0 Å². The fraction of sp³-hybridized carbons (Fsp3) is 0.550. The minimum atomic E-state index is -0.692. The van der Waals surface area contributed by atoms with E-state index in [2.05, 4.69) is 15.5 Å². The van der Waals surface area contributed by atoms with Gasteiger partial charge in [0.05, 0.1) is 22.9 Å². The number of aromatic nitrogens is 4. The molecule has 1 aliphatic rings. The van der Waals surface area contributed by atoms with Crippen molar-refractivity contribution in [1.82, 2.24) is 29.4 Å². The van der Waals surface area contributed by atoms with Crippen LogP contribution in [0.15, 0.2) is 12.4 Å². The van der Waals surface area contributed by atoms with Gasteiger partial charge in [0.25, 0.3) is 5.91 Å². The predicted octanol–water partition coefficient (Wildman–Crippen LogP) is 1.43. The average molecular weight is 476 g/mol. The van der Waals surface area contributed by atoms with Crippen LogP contribution in [0.1, 0.15) is 43.0 Å². The van der Waals surface area contributed by atoms with Gasteiger partial charge in [-0.15, -0.1) is 0 Å². The highest BCUT2D eigenvalue weighted by molar-refractivity contribution is 6.06. The zero-order valence-electron chi connectivity index (χ0n) is 19.6. The van der Waals surface area contributed by atoms with Crippen molar-refractivity contribution in [1.29, 1.82) is 0 Å². The number of aryl methyl sites for hydroxylation is 2. The second kappa shape index (κ2) is 10.3. The molecule has 2 aromatic heterocycles. The van der Waals surface area contributed by atoms with E-state index < -0.39 is 28.7 Å². The first-order valence-corrected chi connectivity index (χ1v) is 11.0. The Morgan fingerprint density at radius 2 is 1.85 bits per heavy atom. The van der Waals surface area contributed by atoms with Crippen LogP contribution in [0.25, 0.3) is 0 Å². The number of rotatable bonds is 7. The maximum Gasteiger partial charge on any atom is 0.409 e. The molecule has 0 spiro atoms. The van der Waals surface area contributed by atoms with E-state index in [9.17, 15) is 24.5 Å². The molecule has 0 aromatic carbocycles. The number of anilines is 1. The van der Waals surface area contributed by atoms with Crippen molar-refractivity contribution in [3.63, 3.8) is 0 Å². The van der Waals surface area contributed by atoms with Gasteiger partial charge in [0.15, 0.2) is 0 Å². The summed E-state index contributed by atoms with van der Waals surface area (Å²) < 4.78 is 7.68. The molecule has 1 N–H and O–H groups in total. The van der Waals surface area contributed by atoms with Crippen molar-refractivity contribution in [2.24, 2.45) is 0 Å². The van der Waals surface area contributed by atoms with Crippen LogP contribution >= 0.6 is 0 Å². The molecule has 1 atom stereocenters. The second-order valence-corrected chi connectivity index (χ2v) is 7.70. The lowest BCUT2D eigenvalue weighted by molar-refractivity contribution is -0.385. The molecule has 3 amide bonds. The molecule has 0 radical (unpaired) electrons. The topological polar surface area (TPSA) is 158 Å². The van der Waals surface area contributed by atoms with Crippen LogP contribution in [0.5, 0.6) is 0 Å². The number of carbonyl (C=O) groups excluding carboxylic acids is 3. The molecule has 2 aromatic rings. The summed E-state index contributed by atoms with van der Waals surface area (Å²) in [5.74, 6) is -0.869. The fourth-order valence-corrected chi connectivity index (χ4v) is 3.67. The maximum atomic E-state index is 13.0. The molecule has 14 nitrogen and oxygen atoms in total. The maximum absolute atomic E-state index is 13.0. The molecular weight excluding hydrogens is 448 g/mol. The molecular formula is C20H28N8O6. The van der Waals surface area contributed by atoms with Gasteiger partial charge < -0.3 is 19.9 Å². The van der Waals surface area contributed by atoms with Crippen LogP contribution in [-0.4, -0.2) is 85.0 Å². The van der Waals surface area contributed by atoms with E-state index in [1.54, 1.807) is 37.5 Å². The Hall–Kier alpha value is -3.97. The van der Waals surface area contributed by atoms with E-state index in [1.165, 1.54) is 15.6 Å². The summed E-state index contributed by atoms with van der Waals surface area (Å²) >= 11 is 0. The Kier molecular flexibility index (Phi) is 7.48. The Morgan fingerprint density at radius 1 is 1.21 bits per heavy atom. The first kappa shape index (κ1) is 24.7. The Labute approximate surface area is 195 Å². The van der Waals surface area contributed by atoms with Gasteiger partial charge in [-0.2, -0.15) is 10.2 Å². The summed E-state index contributed by atoms with van der Waals surface area (Å²) in [6, 6.07) is -0.658. The van der Waals surface area contributed by atoms with Crippen molar-refractivity contribution < 1.29 is 24.0 Å². The zero-order chi connectivity index (χ0) is 25.0. The molecule has 0 bridgehead atoms. The van der Waals surface area contributed by atoms with Crippen LogP contribution in [0.2, 0.25) is 0 Å². The minimum Gasteiger partial charge on any atom is -0.450 e. The number of amides is 3. The number of hydrogen-bond donors (Lipinski definition) is 1. The predicted molar refractivity (Wildman–Crippen MR) is 119 cm³/mol. The number of nitrogens with one attached hydrogen (secondary N) is 1. The van der Waals surface area contributed by atoms with E-state index in [0.717, 1.165) is 6.20 Å². The summed E-state index contributed by atoms with van der Waals surface area (Å²) in [6.07, 6.45) is 2.16. The lowest BCUT2D eigenvalue weighted by Crippen LogP contribution is -2.52. The third-order valence-electron chi connectivity index (χ3n) is 5.57. The SMILES string of the molecule is CCOC(=O)N1CCN(C(=O)C(C)n2cc(NC(=O)c3c([N+](=O)[O-])cnn3CC)c(C)n2)CC1. The molecule has 1 fully saturated rings. The molecule has 184 valence electrons. The van der Waals surface area contributed by atoms with Gasteiger partial charge in [-0.25, -0.2) is 4.79 Å². The molecule has 0 aliphatic carbocycles. The molecule has 3 rings (SSSR count). The smallest absolute Gasteiger partial charge is 0.409 e. The van der Waals surface area contributed by atoms with Gasteiger partial charge in [0.2, 0.25) is 11.6 Å². The van der Waals surface area contributed by atoms with E-state index in [0.29, 0.717) is 44.2 Å². The Balaban J connectivity index is 1.68. The quantitative estimate of drug-likeness (QED) is 0.464. The number of nitro groups is 1. The highest BCUT2D eigenvalue weighted by Crippen LogP contribution is 2.22. The first-order chi connectivity index (χ1) is 16.2. The Morgan fingerprint density at radius 3 is 2.44 bits per heavy atom. The molecule has 0 saturated carbocycles. The van der Waals surface area contributed by atoms with Crippen LogP contribution < -0.4 is 5.32 Å². The number of ether oxygens (including phenoxy) is 1. The summed E-state index contributed by atoms with van der Waals surface area (Å²) in [7, 11) is 0. The fourth-order valence-electron chi connectivity index (χ4n) is 3.67.